The van der Waals surface area contributed by atoms with E-state index < -0.39 is 0 Å². The average molecular weight is 295 g/mol. The van der Waals surface area contributed by atoms with Crippen LogP contribution in [0.25, 0.3) is 0 Å². The van der Waals surface area contributed by atoms with Gasteiger partial charge >= 0.3 is 0 Å². The minimum atomic E-state index is 0.773. The van der Waals surface area contributed by atoms with Crippen LogP contribution in [0.1, 0.15) is 78.6 Å². The molecule has 2 heteroatoms. The number of hydrogen-bond donors (Lipinski definition) is 1. The molecule has 2 aliphatic rings. The van der Waals surface area contributed by atoms with Crippen molar-refractivity contribution in [1.29, 1.82) is 0 Å². The molecule has 0 spiro atoms. The first-order valence-electron chi connectivity index (χ1n) is 9.68. The fourth-order valence-corrected chi connectivity index (χ4v) is 4.35. The fraction of sp³-hybridized carbons (Fsp3) is 1.00. The number of piperazine rings is 1. The molecule has 1 saturated carbocycles. The van der Waals surface area contributed by atoms with Gasteiger partial charge in [-0.25, -0.2) is 0 Å². The van der Waals surface area contributed by atoms with Crippen LogP contribution in [0.15, 0.2) is 0 Å². The molecule has 0 aromatic rings. The SMILES string of the molecule is CCCCCN1CC(C2CCCCC2)NCC1CC(C)C. The highest BCUT2D eigenvalue weighted by atomic mass is 15.2. The molecule has 0 amide bonds. The lowest BCUT2D eigenvalue weighted by Gasteiger charge is -2.44. The van der Waals surface area contributed by atoms with E-state index in [9.17, 15) is 0 Å². The van der Waals surface area contributed by atoms with Crippen LogP contribution >= 0.6 is 0 Å². The number of rotatable bonds is 7. The molecule has 124 valence electrons. The van der Waals surface area contributed by atoms with Crippen molar-refractivity contribution in [2.24, 2.45) is 11.8 Å². The second-order valence-electron chi connectivity index (χ2n) is 7.90. The van der Waals surface area contributed by atoms with Crippen LogP contribution in [0.3, 0.4) is 0 Å². The van der Waals surface area contributed by atoms with E-state index in [1.54, 1.807) is 0 Å². The molecule has 1 aliphatic carbocycles. The van der Waals surface area contributed by atoms with Crippen LogP contribution in [0, 0.1) is 11.8 Å². The van der Waals surface area contributed by atoms with E-state index >= 15 is 0 Å². The monoisotopic (exact) mass is 294 g/mol. The number of hydrogen-bond acceptors (Lipinski definition) is 2. The van der Waals surface area contributed by atoms with Crippen molar-refractivity contribution in [3.05, 3.63) is 0 Å². The van der Waals surface area contributed by atoms with E-state index in [1.807, 2.05) is 0 Å². The predicted molar refractivity (Wildman–Crippen MR) is 92.7 cm³/mol. The van der Waals surface area contributed by atoms with E-state index in [2.05, 4.69) is 31.0 Å². The zero-order valence-corrected chi connectivity index (χ0v) is 14.7. The topological polar surface area (TPSA) is 15.3 Å². The zero-order valence-electron chi connectivity index (χ0n) is 14.7. The van der Waals surface area contributed by atoms with Gasteiger partial charge in [0, 0.05) is 25.2 Å². The van der Waals surface area contributed by atoms with Crippen LogP contribution in [0.2, 0.25) is 0 Å². The van der Waals surface area contributed by atoms with Crippen molar-refractivity contribution < 1.29 is 0 Å². The van der Waals surface area contributed by atoms with E-state index in [4.69, 9.17) is 0 Å². The minimum Gasteiger partial charge on any atom is -0.311 e. The predicted octanol–water partition coefficient (Wildman–Crippen LogP) is 4.45. The van der Waals surface area contributed by atoms with Gasteiger partial charge in [-0.15, -0.1) is 0 Å². The second kappa shape index (κ2) is 9.15. The first kappa shape index (κ1) is 17.3. The van der Waals surface area contributed by atoms with Crippen molar-refractivity contribution in [1.82, 2.24) is 10.2 Å². The summed E-state index contributed by atoms with van der Waals surface area (Å²) in [4.78, 5) is 2.84. The molecule has 0 aromatic heterocycles. The summed E-state index contributed by atoms with van der Waals surface area (Å²) in [5, 5.41) is 3.92. The summed E-state index contributed by atoms with van der Waals surface area (Å²) < 4.78 is 0. The van der Waals surface area contributed by atoms with Gasteiger partial charge in [0.1, 0.15) is 0 Å². The highest BCUT2D eigenvalue weighted by molar-refractivity contribution is 4.90. The Bertz CT molecular complexity index is 271. The molecule has 2 fully saturated rings. The van der Waals surface area contributed by atoms with Gasteiger partial charge in [-0.1, -0.05) is 52.9 Å². The fourth-order valence-electron chi connectivity index (χ4n) is 4.35. The Morgan fingerprint density at radius 1 is 1.10 bits per heavy atom. The van der Waals surface area contributed by atoms with Gasteiger partial charge in [0.15, 0.2) is 0 Å². The number of nitrogens with zero attached hydrogens (tertiary/aromatic N) is 1. The quantitative estimate of drug-likeness (QED) is 0.698. The van der Waals surface area contributed by atoms with Crippen LogP contribution in [0.5, 0.6) is 0 Å². The standard InChI is InChI=1S/C19H38N2/c1-4-5-9-12-21-15-19(17-10-7-6-8-11-17)20-14-18(21)13-16(2)3/h16-20H,4-15H2,1-3H3. The maximum atomic E-state index is 3.92. The first-order valence-corrected chi connectivity index (χ1v) is 9.68. The molecule has 0 aromatic carbocycles. The highest BCUT2D eigenvalue weighted by Crippen LogP contribution is 2.29. The van der Waals surface area contributed by atoms with Crippen LogP contribution in [-0.4, -0.2) is 36.6 Å². The lowest BCUT2D eigenvalue weighted by molar-refractivity contribution is 0.0830. The van der Waals surface area contributed by atoms with Crippen molar-refractivity contribution in [2.75, 3.05) is 19.6 Å². The number of nitrogens with one attached hydrogen (secondary N) is 1. The summed E-state index contributed by atoms with van der Waals surface area (Å²) in [5.74, 6) is 1.77. The number of unbranched alkanes of at least 4 members (excludes halogenated alkanes) is 2. The summed E-state index contributed by atoms with van der Waals surface area (Å²) in [5.41, 5.74) is 0. The van der Waals surface area contributed by atoms with Crippen molar-refractivity contribution in [3.8, 4) is 0 Å². The van der Waals surface area contributed by atoms with Crippen molar-refractivity contribution in [3.63, 3.8) is 0 Å². The maximum absolute atomic E-state index is 3.92. The summed E-state index contributed by atoms with van der Waals surface area (Å²) in [7, 11) is 0. The summed E-state index contributed by atoms with van der Waals surface area (Å²) in [6, 6.07) is 1.55. The van der Waals surface area contributed by atoms with Gasteiger partial charge in [0.05, 0.1) is 0 Å². The molecule has 0 radical (unpaired) electrons. The first-order chi connectivity index (χ1) is 10.2. The molecule has 1 aliphatic heterocycles. The molecule has 1 saturated heterocycles. The van der Waals surface area contributed by atoms with E-state index in [1.165, 1.54) is 77.4 Å². The lowest BCUT2D eigenvalue weighted by Crippen LogP contribution is -2.59. The van der Waals surface area contributed by atoms with Crippen molar-refractivity contribution >= 4 is 0 Å². The van der Waals surface area contributed by atoms with Crippen LogP contribution < -0.4 is 5.32 Å². The summed E-state index contributed by atoms with van der Waals surface area (Å²) in [6.07, 6.45) is 12.8. The largest absolute Gasteiger partial charge is 0.311 e. The Balaban J connectivity index is 1.87. The Kier molecular flexibility index (Phi) is 7.53. The van der Waals surface area contributed by atoms with E-state index in [0.29, 0.717) is 0 Å². The molecule has 1 N–H and O–H groups in total. The normalized spacial score (nSPS) is 29.1. The van der Waals surface area contributed by atoms with Gasteiger partial charge in [0.2, 0.25) is 0 Å². The van der Waals surface area contributed by atoms with Crippen molar-refractivity contribution in [2.45, 2.75) is 90.6 Å². The maximum Gasteiger partial charge on any atom is 0.0224 e. The van der Waals surface area contributed by atoms with Crippen LogP contribution in [0.4, 0.5) is 0 Å². The van der Waals surface area contributed by atoms with Gasteiger partial charge in [-0.3, -0.25) is 4.90 Å². The third-order valence-electron chi connectivity index (χ3n) is 5.57. The molecule has 2 unspecified atom stereocenters. The Morgan fingerprint density at radius 2 is 1.86 bits per heavy atom. The molecule has 2 nitrogen and oxygen atoms in total. The second-order valence-corrected chi connectivity index (χ2v) is 7.90. The third-order valence-corrected chi connectivity index (χ3v) is 5.57. The molecular weight excluding hydrogens is 256 g/mol. The van der Waals surface area contributed by atoms with Gasteiger partial charge in [-0.05, 0) is 44.1 Å². The third kappa shape index (κ3) is 5.56. The summed E-state index contributed by atoms with van der Waals surface area (Å²) in [6.45, 7) is 10.9. The molecule has 1 heterocycles. The minimum absolute atomic E-state index is 0.773. The smallest absolute Gasteiger partial charge is 0.0224 e. The Hall–Kier alpha value is -0.0800. The molecule has 2 rings (SSSR count). The molecule has 21 heavy (non-hydrogen) atoms. The molecular formula is C19H38N2. The Labute approximate surface area is 133 Å². The van der Waals surface area contributed by atoms with E-state index in [-0.39, 0.29) is 0 Å². The molecule has 2 atom stereocenters. The van der Waals surface area contributed by atoms with Gasteiger partial charge < -0.3 is 5.32 Å². The molecule has 0 bridgehead atoms. The zero-order chi connectivity index (χ0) is 15.1. The van der Waals surface area contributed by atoms with Gasteiger partial charge in [-0.2, -0.15) is 0 Å². The highest BCUT2D eigenvalue weighted by Gasteiger charge is 2.32. The van der Waals surface area contributed by atoms with Gasteiger partial charge in [0.25, 0.3) is 0 Å². The summed E-state index contributed by atoms with van der Waals surface area (Å²) >= 11 is 0. The average Bonchev–Trinajstić information content (AvgIpc) is 2.49. The van der Waals surface area contributed by atoms with Crippen LogP contribution in [-0.2, 0) is 0 Å². The van der Waals surface area contributed by atoms with E-state index in [0.717, 1.165) is 23.9 Å². The lowest BCUT2D eigenvalue weighted by atomic mass is 9.82. The Morgan fingerprint density at radius 3 is 2.52 bits per heavy atom.